The molecular weight excluding hydrogens is 258 g/mol. The molecule has 0 aliphatic rings. The van der Waals surface area contributed by atoms with Gasteiger partial charge in [0.05, 0.1) is 5.56 Å². The molecule has 0 aliphatic carbocycles. The molecule has 1 unspecified atom stereocenters. The summed E-state index contributed by atoms with van der Waals surface area (Å²) in [4.78, 5) is 0. The largest absolute Gasteiger partial charge is 0.306 e. The summed E-state index contributed by atoms with van der Waals surface area (Å²) in [6, 6.07) is 12.7. The van der Waals surface area contributed by atoms with Crippen LogP contribution in [0, 0.1) is 23.0 Å². The fraction of sp³-hybridized carbons (Fsp3) is 0.188. The molecule has 102 valence electrons. The maximum Gasteiger partial charge on any atom is 0.145 e. The van der Waals surface area contributed by atoms with Gasteiger partial charge in [0, 0.05) is 18.2 Å². The molecule has 2 rings (SSSR count). The van der Waals surface area contributed by atoms with E-state index in [-0.39, 0.29) is 24.0 Å². The summed E-state index contributed by atoms with van der Waals surface area (Å²) in [5.41, 5.74) is 1.25. The summed E-state index contributed by atoms with van der Waals surface area (Å²) in [6.45, 7) is 2.15. The average molecular weight is 272 g/mol. The number of rotatable bonds is 4. The molecule has 2 nitrogen and oxygen atoms in total. The van der Waals surface area contributed by atoms with Gasteiger partial charge in [0.2, 0.25) is 0 Å². The molecule has 0 spiro atoms. The van der Waals surface area contributed by atoms with Gasteiger partial charge in [-0.1, -0.05) is 24.3 Å². The molecule has 0 bridgehead atoms. The quantitative estimate of drug-likeness (QED) is 0.921. The SMILES string of the molecule is CC(NCc1cccc(C#N)c1F)c1cccc(F)c1. The first-order valence-corrected chi connectivity index (χ1v) is 6.28. The number of halogens is 2. The van der Waals surface area contributed by atoms with Crippen molar-refractivity contribution in [2.24, 2.45) is 0 Å². The molecule has 1 N–H and O–H groups in total. The fourth-order valence-electron chi connectivity index (χ4n) is 1.96. The van der Waals surface area contributed by atoms with Gasteiger partial charge >= 0.3 is 0 Å². The minimum absolute atomic E-state index is 0.0303. The zero-order valence-electron chi connectivity index (χ0n) is 11.0. The van der Waals surface area contributed by atoms with E-state index in [1.54, 1.807) is 18.2 Å². The number of hydrogen-bond acceptors (Lipinski definition) is 2. The Morgan fingerprint density at radius 1 is 1.20 bits per heavy atom. The third-order valence-electron chi connectivity index (χ3n) is 3.15. The standard InChI is InChI=1S/C16H14F2N2/c1-11(12-4-3-7-15(17)8-12)20-10-14-6-2-5-13(9-19)16(14)18/h2-8,11,20H,10H2,1H3. The van der Waals surface area contributed by atoms with Crippen LogP contribution in [0.15, 0.2) is 42.5 Å². The van der Waals surface area contributed by atoms with Gasteiger partial charge in [0.1, 0.15) is 17.7 Å². The molecule has 0 amide bonds. The van der Waals surface area contributed by atoms with Crippen LogP contribution in [-0.4, -0.2) is 0 Å². The van der Waals surface area contributed by atoms with Crippen LogP contribution in [0.4, 0.5) is 8.78 Å². The Balaban J connectivity index is 2.08. The molecule has 0 aliphatic heterocycles. The Bertz CT molecular complexity index is 647. The van der Waals surface area contributed by atoms with E-state index in [4.69, 9.17) is 5.26 Å². The van der Waals surface area contributed by atoms with Crippen molar-refractivity contribution in [3.63, 3.8) is 0 Å². The summed E-state index contributed by atoms with van der Waals surface area (Å²) in [7, 11) is 0. The van der Waals surface area contributed by atoms with Gasteiger partial charge in [-0.3, -0.25) is 0 Å². The molecule has 2 aromatic rings. The monoisotopic (exact) mass is 272 g/mol. The highest BCUT2D eigenvalue weighted by molar-refractivity contribution is 5.35. The van der Waals surface area contributed by atoms with E-state index in [9.17, 15) is 8.78 Å². The zero-order chi connectivity index (χ0) is 14.5. The van der Waals surface area contributed by atoms with Gasteiger partial charge < -0.3 is 5.32 Å². The molecular formula is C16H14F2N2. The van der Waals surface area contributed by atoms with Crippen molar-refractivity contribution in [2.75, 3.05) is 0 Å². The predicted octanol–water partition coefficient (Wildman–Crippen LogP) is 3.69. The molecule has 0 radical (unpaired) electrons. The van der Waals surface area contributed by atoms with E-state index >= 15 is 0 Å². The maximum absolute atomic E-state index is 13.9. The Hall–Kier alpha value is -2.25. The van der Waals surface area contributed by atoms with E-state index in [0.29, 0.717) is 5.56 Å². The topological polar surface area (TPSA) is 35.8 Å². The highest BCUT2D eigenvalue weighted by atomic mass is 19.1. The van der Waals surface area contributed by atoms with Crippen molar-refractivity contribution in [3.8, 4) is 6.07 Å². The highest BCUT2D eigenvalue weighted by Crippen LogP contribution is 2.16. The smallest absolute Gasteiger partial charge is 0.145 e. The molecule has 0 fully saturated rings. The van der Waals surface area contributed by atoms with Crippen molar-refractivity contribution < 1.29 is 8.78 Å². The predicted molar refractivity (Wildman–Crippen MR) is 72.8 cm³/mol. The highest BCUT2D eigenvalue weighted by Gasteiger charge is 2.10. The molecule has 0 saturated heterocycles. The van der Waals surface area contributed by atoms with Crippen LogP contribution in [0.3, 0.4) is 0 Å². The molecule has 20 heavy (non-hydrogen) atoms. The van der Waals surface area contributed by atoms with Crippen molar-refractivity contribution in [1.82, 2.24) is 5.32 Å². The second kappa shape index (κ2) is 6.27. The lowest BCUT2D eigenvalue weighted by Crippen LogP contribution is -2.19. The summed E-state index contributed by atoms with van der Waals surface area (Å²) in [6.07, 6.45) is 0. The van der Waals surface area contributed by atoms with Crippen LogP contribution in [0.1, 0.15) is 29.7 Å². The van der Waals surface area contributed by atoms with Gasteiger partial charge in [-0.2, -0.15) is 5.26 Å². The van der Waals surface area contributed by atoms with Crippen LogP contribution in [-0.2, 0) is 6.54 Å². The van der Waals surface area contributed by atoms with Gasteiger partial charge in [-0.05, 0) is 30.7 Å². The van der Waals surface area contributed by atoms with Crippen LogP contribution in [0.2, 0.25) is 0 Å². The zero-order valence-corrected chi connectivity index (χ0v) is 11.0. The lowest BCUT2D eigenvalue weighted by Gasteiger charge is -2.15. The first-order valence-electron chi connectivity index (χ1n) is 6.28. The summed E-state index contributed by atoms with van der Waals surface area (Å²) >= 11 is 0. The third-order valence-corrected chi connectivity index (χ3v) is 3.15. The Kier molecular flexibility index (Phi) is 4.44. The Labute approximate surface area is 116 Å². The van der Waals surface area contributed by atoms with Gasteiger partial charge in [0.25, 0.3) is 0 Å². The lowest BCUT2D eigenvalue weighted by atomic mass is 10.1. The van der Waals surface area contributed by atoms with Crippen LogP contribution >= 0.6 is 0 Å². The first kappa shape index (κ1) is 14.2. The van der Waals surface area contributed by atoms with E-state index < -0.39 is 5.82 Å². The van der Waals surface area contributed by atoms with Crippen molar-refractivity contribution in [1.29, 1.82) is 5.26 Å². The molecule has 4 heteroatoms. The van der Waals surface area contributed by atoms with Crippen LogP contribution < -0.4 is 5.32 Å². The molecule has 0 saturated carbocycles. The molecule has 2 aromatic carbocycles. The number of nitriles is 1. The minimum atomic E-state index is -0.506. The van der Waals surface area contributed by atoms with Crippen LogP contribution in [0.25, 0.3) is 0 Å². The Morgan fingerprint density at radius 2 is 1.95 bits per heavy atom. The maximum atomic E-state index is 13.9. The van der Waals surface area contributed by atoms with E-state index in [1.165, 1.54) is 18.2 Å². The van der Waals surface area contributed by atoms with E-state index in [1.807, 2.05) is 19.1 Å². The summed E-state index contributed by atoms with van der Waals surface area (Å²) in [5.74, 6) is -0.803. The fourth-order valence-corrected chi connectivity index (χ4v) is 1.96. The minimum Gasteiger partial charge on any atom is -0.306 e. The van der Waals surface area contributed by atoms with Gasteiger partial charge in [0.15, 0.2) is 0 Å². The average Bonchev–Trinajstić information content (AvgIpc) is 2.46. The number of nitrogens with one attached hydrogen (secondary N) is 1. The summed E-state index contributed by atoms with van der Waals surface area (Å²) < 4.78 is 27.0. The van der Waals surface area contributed by atoms with Crippen molar-refractivity contribution in [2.45, 2.75) is 19.5 Å². The molecule has 1 atom stereocenters. The normalized spacial score (nSPS) is 11.9. The Morgan fingerprint density at radius 3 is 2.65 bits per heavy atom. The summed E-state index contributed by atoms with van der Waals surface area (Å²) in [5, 5.41) is 11.9. The third kappa shape index (κ3) is 3.19. The van der Waals surface area contributed by atoms with Gasteiger partial charge in [-0.15, -0.1) is 0 Å². The van der Waals surface area contributed by atoms with Crippen LogP contribution in [0.5, 0.6) is 0 Å². The second-order valence-corrected chi connectivity index (χ2v) is 4.55. The molecule has 0 heterocycles. The number of hydrogen-bond donors (Lipinski definition) is 1. The second-order valence-electron chi connectivity index (χ2n) is 4.55. The van der Waals surface area contributed by atoms with E-state index in [0.717, 1.165) is 5.56 Å². The number of benzene rings is 2. The van der Waals surface area contributed by atoms with Crippen molar-refractivity contribution in [3.05, 3.63) is 70.8 Å². The van der Waals surface area contributed by atoms with Crippen molar-refractivity contribution >= 4 is 0 Å². The molecule has 0 aromatic heterocycles. The number of nitrogens with zero attached hydrogens (tertiary/aromatic N) is 1. The van der Waals surface area contributed by atoms with E-state index in [2.05, 4.69) is 5.32 Å². The first-order chi connectivity index (χ1) is 9.61. The van der Waals surface area contributed by atoms with Gasteiger partial charge in [-0.25, -0.2) is 8.78 Å². The lowest BCUT2D eigenvalue weighted by molar-refractivity contribution is 0.539.